The quantitative estimate of drug-likeness (QED) is 0.162. The molecule has 4 bridgehead atoms. The Labute approximate surface area is 285 Å². The molecule has 2 aliphatic carbocycles. The van der Waals surface area contributed by atoms with Crippen LogP contribution in [-0.2, 0) is 36.1 Å². The number of aryl methyl sites for hydroxylation is 2. The van der Waals surface area contributed by atoms with Gasteiger partial charge in [-0.3, -0.25) is 0 Å². The minimum atomic E-state index is -2.29. The van der Waals surface area contributed by atoms with Gasteiger partial charge in [-0.1, -0.05) is 0 Å². The fourth-order valence-corrected chi connectivity index (χ4v) is 18.9. The van der Waals surface area contributed by atoms with E-state index in [1.54, 1.807) is 43.8 Å². The Morgan fingerprint density at radius 3 is 1.37 bits per heavy atom. The fourth-order valence-electron chi connectivity index (χ4n) is 9.01. The normalized spacial score (nSPS) is 19.2. The Morgan fingerprint density at radius 2 is 0.913 bits per heavy atom. The number of benzene rings is 6. The Balaban J connectivity index is 1.43. The SMILES string of the molecule is CCc1cc(C2=C3c4ccccc4[CH]2[Zr][CH]2C(c4cc(CC)cc5ccccc45)=C(c4ccccc42)[Si]3(C)C)c2ccccc2c1. The molecule has 6 aromatic rings. The van der Waals surface area contributed by atoms with Crippen LogP contribution in [0.15, 0.2) is 121 Å². The molecule has 0 fully saturated rings. The van der Waals surface area contributed by atoms with Crippen LogP contribution in [0.25, 0.3) is 43.1 Å². The maximum absolute atomic E-state index is 2.68. The van der Waals surface area contributed by atoms with Crippen molar-refractivity contribution in [1.29, 1.82) is 0 Å². The molecule has 1 heterocycles. The number of hydrogen-bond acceptors (Lipinski definition) is 0. The first kappa shape index (κ1) is 28.6. The predicted octanol–water partition coefficient (Wildman–Crippen LogP) is 11.6. The standard InChI is InChI=1S/C44H38Si.Zr/c1-5-29-23-31-15-7-11-19-35(31)39(25-29)41-27-33-17-9-13-21-37(33)43(41)45(3,4)44-38-22-14-10-18-34(38)28-42(44)40-26-30(6-2)24-32-16-8-12-20-36(32)40;/h7-28H,5-6H2,1-4H3;. The zero-order chi connectivity index (χ0) is 31.2. The molecule has 46 heavy (non-hydrogen) atoms. The van der Waals surface area contributed by atoms with Gasteiger partial charge in [-0.15, -0.1) is 0 Å². The zero-order valence-electron chi connectivity index (χ0n) is 27.1. The first-order valence-electron chi connectivity index (χ1n) is 17.0. The van der Waals surface area contributed by atoms with Crippen LogP contribution in [0.5, 0.6) is 0 Å². The van der Waals surface area contributed by atoms with Crippen LogP contribution in [0.3, 0.4) is 0 Å². The molecule has 9 rings (SSSR count). The van der Waals surface area contributed by atoms with Gasteiger partial charge in [0.1, 0.15) is 0 Å². The third-order valence-electron chi connectivity index (χ3n) is 11.0. The summed E-state index contributed by atoms with van der Waals surface area (Å²) in [4.78, 5) is 0. The molecule has 1 aliphatic heterocycles. The van der Waals surface area contributed by atoms with Crippen molar-refractivity contribution >= 4 is 51.2 Å². The molecule has 2 heteroatoms. The van der Waals surface area contributed by atoms with E-state index in [1.165, 1.54) is 43.8 Å². The third kappa shape index (κ3) is 4.06. The summed E-state index contributed by atoms with van der Waals surface area (Å²) in [6.45, 7) is 9.99. The number of rotatable bonds is 4. The Kier molecular flexibility index (Phi) is 6.68. The Morgan fingerprint density at radius 1 is 0.500 bits per heavy atom. The molecule has 0 saturated carbocycles. The molecule has 0 spiro atoms. The molecule has 0 amide bonds. The van der Waals surface area contributed by atoms with E-state index in [4.69, 9.17) is 0 Å². The van der Waals surface area contributed by atoms with Crippen LogP contribution in [0.4, 0.5) is 0 Å². The molecular weight excluding hydrogens is 648 g/mol. The second-order valence-corrected chi connectivity index (χ2v) is 21.8. The maximum atomic E-state index is 2.68. The molecule has 222 valence electrons. The van der Waals surface area contributed by atoms with Crippen molar-refractivity contribution in [2.45, 2.75) is 47.0 Å². The molecule has 0 saturated heterocycles. The van der Waals surface area contributed by atoms with Crippen LogP contribution >= 0.6 is 0 Å². The Hall–Kier alpha value is -3.58. The molecular formula is C44H38SiZr. The van der Waals surface area contributed by atoms with E-state index >= 15 is 0 Å². The van der Waals surface area contributed by atoms with Crippen LogP contribution < -0.4 is 0 Å². The van der Waals surface area contributed by atoms with Gasteiger partial charge in [0.15, 0.2) is 0 Å². The van der Waals surface area contributed by atoms with Gasteiger partial charge in [0.2, 0.25) is 0 Å². The van der Waals surface area contributed by atoms with Crippen LogP contribution in [0.2, 0.25) is 13.1 Å². The third-order valence-corrected chi connectivity index (χ3v) is 19.2. The second-order valence-electron chi connectivity index (χ2n) is 13.8. The summed E-state index contributed by atoms with van der Waals surface area (Å²) >= 11 is -1.16. The first-order chi connectivity index (χ1) is 22.5. The molecule has 0 aromatic heterocycles. The summed E-state index contributed by atoms with van der Waals surface area (Å²) in [7, 11) is -2.29. The van der Waals surface area contributed by atoms with Gasteiger partial charge >= 0.3 is 287 Å². The van der Waals surface area contributed by atoms with E-state index in [-0.39, 0.29) is 0 Å². The number of allylic oxidation sites excluding steroid dienone is 2. The number of fused-ring (bicyclic) bond motifs is 10. The summed E-state index contributed by atoms with van der Waals surface area (Å²) in [5.74, 6) is 0. The Bertz CT molecular complexity index is 2140. The van der Waals surface area contributed by atoms with E-state index in [9.17, 15) is 0 Å². The zero-order valence-corrected chi connectivity index (χ0v) is 30.6. The van der Waals surface area contributed by atoms with Crippen molar-refractivity contribution in [2.24, 2.45) is 0 Å². The van der Waals surface area contributed by atoms with E-state index in [1.807, 2.05) is 0 Å². The van der Waals surface area contributed by atoms with Gasteiger partial charge < -0.3 is 0 Å². The van der Waals surface area contributed by atoms with Crippen molar-refractivity contribution < 1.29 is 23.2 Å². The predicted molar refractivity (Wildman–Crippen MR) is 196 cm³/mol. The van der Waals surface area contributed by atoms with E-state index in [2.05, 4.69) is 148 Å². The summed E-state index contributed by atoms with van der Waals surface area (Å²) in [6.07, 6.45) is 2.12. The topological polar surface area (TPSA) is 0 Å². The molecule has 3 aliphatic rings. The average molecular weight is 686 g/mol. The summed E-state index contributed by atoms with van der Waals surface area (Å²) in [5, 5.41) is 9.02. The average Bonchev–Trinajstić information content (AvgIpc) is 3.62. The van der Waals surface area contributed by atoms with Gasteiger partial charge in [-0.2, -0.15) is 0 Å². The van der Waals surface area contributed by atoms with E-state index in [0.717, 1.165) is 12.8 Å². The van der Waals surface area contributed by atoms with Crippen molar-refractivity contribution in [3.8, 4) is 0 Å². The van der Waals surface area contributed by atoms with Crippen LogP contribution in [0.1, 0.15) is 65.6 Å². The fraction of sp³-hybridized carbons (Fsp3) is 0.182. The summed E-state index contributed by atoms with van der Waals surface area (Å²) in [6, 6.07) is 47.5. The number of hydrogen-bond donors (Lipinski definition) is 0. The van der Waals surface area contributed by atoms with E-state index < -0.39 is 31.3 Å². The van der Waals surface area contributed by atoms with Gasteiger partial charge in [-0.05, 0) is 0 Å². The van der Waals surface area contributed by atoms with Gasteiger partial charge in [-0.25, -0.2) is 0 Å². The monoisotopic (exact) mass is 684 g/mol. The molecule has 2 unspecified atom stereocenters. The van der Waals surface area contributed by atoms with Crippen molar-refractivity contribution in [1.82, 2.24) is 0 Å². The summed E-state index contributed by atoms with van der Waals surface area (Å²) in [5.41, 5.74) is 15.6. The van der Waals surface area contributed by atoms with Crippen molar-refractivity contribution in [2.75, 3.05) is 0 Å². The van der Waals surface area contributed by atoms with Crippen molar-refractivity contribution in [3.63, 3.8) is 0 Å². The minimum absolute atomic E-state index is 0.519. The van der Waals surface area contributed by atoms with Crippen molar-refractivity contribution in [3.05, 3.63) is 166 Å². The van der Waals surface area contributed by atoms with Gasteiger partial charge in [0.25, 0.3) is 0 Å². The molecule has 6 aromatic carbocycles. The molecule has 0 nitrogen and oxygen atoms in total. The molecule has 0 N–H and O–H groups in total. The van der Waals surface area contributed by atoms with E-state index in [0.29, 0.717) is 7.25 Å². The molecule has 0 radical (unpaired) electrons. The second kappa shape index (κ2) is 10.7. The molecule has 2 atom stereocenters. The first-order valence-corrected chi connectivity index (χ1v) is 22.8. The van der Waals surface area contributed by atoms with Crippen LogP contribution in [0, 0.1) is 0 Å². The van der Waals surface area contributed by atoms with Gasteiger partial charge in [0.05, 0.1) is 0 Å². The summed E-state index contributed by atoms with van der Waals surface area (Å²) < 4.78 is 1.04. The van der Waals surface area contributed by atoms with Crippen LogP contribution in [-0.4, -0.2) is 8.07 Å². The van der Waals surface area contributed by atoms with Gasteiger partial charge in [0, 0.05) is 0 Å².